The molecule has 0 amide bonds. The van der Waals surface area contributed by atoms with E-state index in [0.29, 0.717) is 11.1 Å². The zero-order valence-electron chi connectivity index (χ0n) is 20.0. The van der Waals surface area contributed by atoms with Crippen molar-refractivity contribution in [2.75, 3.05) is 13.4 Å². The first-order valence-electron chi connectivity index (χ1n) is 10.6. The van der Waals surface area contributed by atoms with E-state index in [1.807, 2.05) is 0 Å². The Morgan fingerprint density at radius 2 is 1.55 bits per heavy atom. The first-order valence-corrected chi connectivity index (χ1v) is 17.4. The molecule has 0 aromatic heterocycles. The third-order valence-corrected chi connectivity index (χ3v) is 11.2. The molecule has 15 heteroatoms. The van der Waals surface area contributed by atoms with Gasteiger partial charge in [0.25, 0.3) is 0 Å². The van der Waals surface area contributed by atoms with Gasteiger partial charge in [0.05, 0.1) is 16.9 Å². The van der Waals surface area contributed by atoms with Gasteiger partial charge in [-0.2, -0.15) is 8.78 Å². The fourth-order valence-electron chi connectivity index (χ4n) is 3.50. The molecule has 38 heavy (non-hydrogen) atoms. The van der Waals surface area contributed by atoms with Gasteiger partial charge in [-0.3, -0.25) is 4.57 Å². The van der Waals surface area contributed by atoms with Crippen LogP contribution in [-0.4, -0.2) is 40.1 Å². The maximum absolute atomic E-state index is 14.3. The lowest BCUT2D eigenvalue weighted by atomic mass is 10.1. The van der Waals surface area contributed by atoms with Crippen molar-refractivity contribution in [3.05, 3.63) is 87.9 Å². The van der Waals surface area contributed by atoms with E-state index in [2.05, 4.69) is 15.9 Å². The number of methoxy groups -OCH3 is 1. The third-order valence-electron chi connectivity index (χ3n) is 5.48. The fourth-order valence-corrected chi connectivity index (χ4v) is 7.77. The Hall–Kier alpha value is -1.77. The van der Waals surface area contributed by atoms with E-state index in [0.717, 1.165) is 12.3 Å². The van der Waals surface area contributed by atoms with E-state index >= 15 is 0 Å². The standard InChI is InChI=1S/C23H23BrF2NO7PS3/c1-34-21-5-3-4-6-22(21)38(33,36)27(14-16-7-10-18(11-8-16)37(2,31)32)15-17-9-12-19(20(24)13-17)23(25,26)35(28,29)30/h3-13H,14-15H2,1-2H3,(H2,28,29,30). The maximum atomic E-state index is 14.3. The van der Waals surface area contributed by atoms with Crippen molar-refractivity contribution in [2.24, 2.45) is 0 Å². The summed E-state index contributed by atoms with van der Waals surface area (Å²) in [5.41, 5.74) is -4.38. The Labute approximate surface area is 232 Å². The number of nitrogens with zero attached hydrogens (tertiary/aromatic N) is 1. The Morgan fingerprint density at radius 1 is 1.00 bits per heavy atom. The van der Waals surface area contributed by atoms with Crippen molar-refractivity contribution in [1.82, 2.24) is 4.31 Å². The lowest BCUT2D eigenvalue weighted by Crippen LogP contribution is -2.30. The van der Waals surface area contributed by atoms with Gasteiger partial charge in [0.2, 0.25) is 0 Å². The van der Waals surface area contributed by atoms with Crippen molar-refractivity contribution in [3.8, 4) is 5.75 Å². The number of rotatable bonds is 10. The van der Waals surface area contributed by atoms with Gasteiger partial charge >= 0.3 is 13.3 Å². The quantitative estimate of drug-likeness (QED) is 0.295. The molecule has 1 unspecified atom stereocenters. The lowest BCUT2D eigenvalue weighted by molar-refractivity contribution is 0.0557. The van der Waals surface area contributed by atoms with Crippen LogP contribution in [0.25, 0.3) is 0 Å². The minimum Gasteiger partial charge on any atom is -0.495 e. The summed E-state index contributed by atoms with van der Waals surface area (Å²) in [6, 6.07) is 15.7. The molecule has 0 aliphatic carbocycles. The number of alkyl halides is 2. The van der Waals surface area contributed by atoms with Gasteiger partial charge in [0.15, 0.2) is 9.84 Å². The maximum Gasteiger partial charge on any atom is 0.399 e. The Morgan fingerprint density at radius 3 is 2.08 bits per heavy atom. The smallest absolute Gasteiger partial charge is 0.399 e. The van der Waals surface area contributed by atoms with E-state index in [1.54, 1.807) is 36.4 Å². The van der Waals surface area contributed by atoms with Crippen molar-refractivity contribution < 1.29 is 40.5 Å². The summed E-state index contributed by atoms with van der Waals surface area (Å²) in [5.74, 6) is 0.280. The van der Waals surface area contributed by atoms with Gasteiger partial charge in [-0.05, 0) is 41.5 Å². The Kier molecular flexibility index (Phi) is 9.21. The molecule has 0 heterocycles. The summed E-state index contributed by atoms with van der Waals surface area (Å²) in [5, 5.41) is 0. The van der Waals surface area contributed by atoms with Crippen LogP contribution in [0.15, 0.2) is 81.0 Å². The summed E-state index contributed by atoms with van der Waals surface area (Å²) in [7, 11) is -11.2. The van der Waals surface area contributed by atoms with E-state index in [4.69, 9.17) is 25.7 Å². The van der Waals surface area contributed by atoms with E-state index < -0.39 is 37.3 Å². The molecular weight excluding hydrogens is 647 g/mol. The minimum absolute atomic E-state index is 0.0115. The van der Waals surface area contributed by atoms with Crippen LogP contribution in [0.4, 0.5) is 8.78 Å². The van der Waals surface area contributed by atoms with Crippen LogP contribution in [0.1, 0.15) is 16.7 Å². The van der Waals surface area contributed by atoms with E-state index in [9.17, 15) is 26.0 Å². The molecular formula is C23H23BrF2NO7PS3. The first kappa shape index (κ1) is 30.8. The van der Waals surface area contributed by atoms with Gasteiger partial charge in [-0.15, -0.1) is 0 Å². The fraction of sp³-hybridized carbons (Fsp3) is 0.217. The number of halogens is 3. The van der Waals surface area contributed by atoms with Gasteiger partial charge in [0, 0.05) is 40.6 Å². The third kappa shape index (κ3) is 6.68. The highest BCUT2D eigenvalue weighted by atomic mass is 79.9. The molecule has 0 saturated carbocycles. The highest BCUT2D eigenvalue weighted by Gasteiger charge is 2.51. The van der Waals surface area contributed by atoms with Crippen LogP contribution in [0, 0.1) is 0 Å². The second kappa shape index (κ2) is 11.4. The largest absolute Gasteiger partial charge is 0.495 e. The second-order valence-corrected chi connectivity index (χ2v) is 16.0. The Balaban J connectivity index is 2.06. The molecule has 0 fully saturated rings. The normalized spacial score (nSPS) is 14.3. The Bertz CT molecular complexity index is 1600. The monoisotopic (exact) mass is 669 g/mol. The number of benzene rings is 3. The average molecular weight is 671 g/mol. The molecule has 3 rings (SSSR count). The van der Waals surface area contributed by atoms with Crippen molar-refractivity contribution in [2.45, 2.75) is 28.5 Å². The van der Waals surface area contributed by atoms with Crippen molar-refractivity contribution in [3.63, 3.8) is 0 Å². The van der Waals surface area contributed by atoms with Crippen LogP contribution in [0.3, 0.4) is 0 Å². The topological polar surface area (TPSA) is 121 Å². The molecule has 206 valence electrons. The van der Waals surface area contributed by atoms with Gasteiger partial charge in [-0.25, -0.2) is 16.9 Å². The zero-order chi connectivity index (χ0) is 28.5. The van der Waals surface area contributed by atoms with Gasteiger partial charge < -0.3 is 14.5 Å². The van der Waals surface area contributed by atoms with E-state index in [1.165, 1.54) is 35.7 Å². The van der Waals surface area contributed by atoms with Crippen LogP contribution >= 0.6 is 23.5 Å². The molecule has 8 nitrogen and oxygen atoms in total. The average Bonchev–Trinajstić information content (AvgIpc) is 2.82. The summed E-state index contributed by atoms with van der Waals surface area (Å²) >= 11 is 8.54. The highest BCUT2D eigenvalue weighted by Crippen LogP contribution is 2.60. The molecule has 3 aromatic rings. The molecule has 0 aliphatic rings. The predicted octanol–water partition coefficient (Wildman–Crippen LogP) is 4.81. The zero-order valence-corrected chi connectivity index (χ0v) is 24.9. The van der Waals surface area contributed by atoms with Gasteiger partial charge in [-0.1, -0.05) is 52.3 Å². The van der Waals surface area contributed by atoms with Crippen LogP contribution in [0.2, 0.25) is 0 Å². The molecule has 1 atom stereocenters. The molecule has 0 radical (unpaired) electrons. The van der Waals surface area contributed by atoms with Crippen molar-refractivity contribution >= 4 is 53.2 Å². The number of ether oxygens (including phenoxy) is 1. The van der Waals surface area contributed by atoms with Crippen LogP contribution < -0.4 is 4.74 Å². The van der Waals surface area contributed by atoms with Crippen LogP contribution in [-0.2, 0) is 53.0 Å². The summed E-state index contributed by atoms with van der Waals surface area (Å²) < 4.78 is 84.1. The number of hydrogen-bond donors (Lipinski definition) is 2. The minimum atomic E-state index is -5.79. The number of para-hydroxylation sites is 1. The summed E-state index contributed by atoms with van der Waals surface area (Å²) in [6.07, 6.45) is 1.07. The van der Waals surface area contributed by atoms with E-state index in [-0.39, 0.29) is 33.1 Å². The summed E-state index contributed by atoms with van der Waals surface area (Å²) in [4.78, 5) is 18.5. The first-order chi connectivity index (χ1) is 17.5. The van der Waals surface area contributed by atoms with Crippen molar-refractivity contribution in [1.29, 1.82) is 0 Å². The molecule has 0 saturated heterocycles. The number of hydrogen-bond acceptors (Lipinski definition) is 6. The predicted molar refractivity (Wildman–Crippen MR) is 146 cm³/mol. The van der Waals surface area contributed by atoms with Gasteiger partial charge in [0.1, 0.15) is 14.4 Å². The second-order valence-electron chi connectivity index (χ2n) is 8.24. The SMILES string of the molecule is COc1ccccc1S(=O)(=S)N(Cc1ccc(S(C)(=O)=O)cc1)Cc1ccc(C(F)(F)P(=O)(O)O)c(Br)c1. The molecule has 0 bridgehead atoms. The molecule has 2 N–H and O–H groups in total. The molecule has 0 spiro atoms. The van der Waals surface area contributed by atoms with Crippen LogP contribution in [0.5, 0.6) is 5.75 Å². The molecule has 3 aromatic carbocycles. The summed E-state index contributed by atoms with van der Waals surface area (Å²) in [6.45, 7) is -0.128. The molecule has 0 aliphatic heterocycles. The lowest BCUT2D eigenvalue weighted by Gasteiger charge is -2.27. The number of sulfone groups is 1. The highest BCUT2D eigenvalue weighted by molar-refractivity contribution is 9.10.